The van der Waals surface area contributed by atoms with Crippen LogP contribution in [-0.2, 0) is 6.18 Å². The van der Waals surface area contributed by atoms with Crippen LogP contribution in [0.3, 0.4) is 0 Å². The maximum Gasteiger partial charge on any atom is 0.435 e. The van der Waals surface area contributed by atoms with Crippen LogP contribution in [0.5, 0.6) is 0 Å². The number of halogens is 3. The van der Waals surface area contributed by atoms with Gasteiger partial charge in [0, 0.05) is 7.05 Å². The van der Waals surface area contributed by atoms with Gasteiger partial charge >= 0.3 is 6.18 Å². The Morgan fingerprint density at radius 3 is 2.38 bits per heavy atom. The van der Waals surface area contributed by atoms with Gasteiger partial charge in [0.25, 0.3) is 0 Å². The molecule has 0 amide bonds. The molecule has 13 heavy (non-hydrogen) atoms. The lowest BCUT2D eigenvalue weighted by Crippen LogP contribution is -2.11. The number of nitrogen functional groups attached to an aromatic ring is 1. The van der Waals surface area contributed by atoms with Crippen molar-refractivity contribution in [2.24, 2.45) is 0 Å². The van der Waals surface area contributed by atoms with Crippen molar-refractivity contribution >= 4 is 11.5 Å². The van der Waals surface area contributed by atoms with Crippen molar-refractivity contribution in [1.82, 2.24) is 10.2 Å². The Labute approximate surface area is 72.0 Å². The van der Waals surface area contributed by atoms with Crippen molar-refractivity contribution in [3.63, 3.8) is 0 Å². The fourth-order valence-corrected chi connectivity index (χ4v) is 0.739. The molecule has 0 unspecified atom stereocenters. The van der Waals surface area contributed by atoms with Gasteiger partial charge in [-0.1, -0.05) is 0 Å². The lowest BCUT2D eigenvalue weighted by molar-refractivity contribution is -0.141. The second-order valence-electron chi connectivity index (χ2n) is 2.28. The number of nitrogens with zero attached hydrogens (tertiary/aromatic N) is 2. The van der Waals surface area contributed by atoms with Crippen LogP contribution < -0.4 is 11.1 Å². The summed E-state index contributed by atoms with van der Waals surface area (Å²) in [5.41, 5.74) is 4.09. The van der Waals surface area contributed by atoms with Gasteiger partial charge < -0.3 is 11.1 Å². The lowest BCUT2D eigenvalue weighted by Gasteiger charge is -2.07. The molecule has 0 saturated carbocycles. The minimum atomic E-state index is -4.51. The summed E-state index contributed by atoms with van der Waals surface area (Å²) in [5, 5.41) is 8.73. The number of hydrogen-bond donors (Lipinski definition) is 2. The molecule has 0 radical (unpaired) electrons. The van der Waals surface area contributed by atoms with Crippen LogP contribution in [0.4, 0.5) is 24.7 Å². The van der Waals surface area contributed by atoms with Gasteiger partial charge in [0.05, 0.1) is 5.69 Å². The topological polar surface area (TPSA) is 63.8 Å². The van der Waals surface area contributed by atoms with Gasteiger partial charge in [-0.15, -0.1) is 10.2 Å². The monoisotopic (exact) mass is 192 g/mol. The first-order valence-electron chi connectivity index (χ1n) is 3.33. The molecule has 0 aliphatic rings. The highest BCUT2D eigenvalue weighted by atomic mass is 19.4. The minimum Gasteiger partial charge on any atom is -0.396 e. The highest BCUT2D eigenvalue weighted by Crippen LogP contribution is 2.29. The van der Waals surface area contributed by atoms with Crippen molar-refractivity contribution in [2.45, 2.75) is 6.18 Å². The Kier molecular flexibility index (Phi) is 2.26. The van der Waals surface area contributed by atoms with E-state index in [0.29, 0.717) is 0 Å². The van der Waals surface area contributed by atoms with Crippen molar-refractivity contribution in [2.75, 3.05) is 18.1 Å². The molecule has 0 fully saturated rings. The average Bonchev–Trinajstić information content (AvgIpc) is 2.02. The quantitative estimate of drug-likeness (QED) is 0.699. The fourth-order valence-electron chi connectivity index (χ4n) is 0.739. The number of anilines is 2. The van der Waals surface area contributed by atoms with E-state index in [1.54, 1.807) is 0 Å². The third-order valence-corrected chi connectivity index (χ3v) is 1.35. The minimum absolute atomic E-state index is 0.0789. The third kappa shape index (κ3) is 1.98. The summed E-state index contributed by atoms with van der Waals surface area (Å²) in [5.74, 6) is 0.132. The van der Waals surface area contributed by atoms with Crippen LogP contribution in [0.2, 0.25) is 0 Å². The summed E-state index contributed by atoms with van der Waals surface area (Å²) in [4.78, 5) is 0. The number of nitrogens with one attached hydrogen (secondary N) is 1. The summed E-state index contributed by atoms with van der Waals surface area (Å²) in [6.07, 6.45) is -4.51. The van der Waals surface area contributed by atoms with Gasteiger partial charge in [0.2, 0.25) is 0 Å². The van der Waals surface area contributed by atoms with E-state index in [9.17, 15) is 13.2 Å². The molecule has 1 aromatic heterocycles. The van der Waals surface area contributed by atoms with Crippen LogP contribution >= 0.6 is 0 Å². The Morgan fingerprint density at radius 2 is 2.00 bits per heavy atom. The van der Waals surface area contributed by atoms with Gasteiger partial charge in [0.15, 0.2) is 11.5 Å². The molecule has 3 N–H and O–H groups in total. The zero-order valence-electron chi connectivity index (χ0n) is 6.68. The molecule has 72 valence electrons. The molecule has 0 bridgehead atoms. The largest absolute Gasteiger partial charge is 0.435 e. The van der Waals surface area contributed by atoms with Crippen LogP contribution in [0.25, 0.3) is 0 Å². The van der Waals surface area contributed by atoms with Crippen molar-refractivity contribution in [3.05, 3.63) is 11.8 Å². The summed E-state index contributed by atoms with van der Waals surface area (Å²) in [6, 6.07) is 0.735. The summed E-state index contributed by atoms with van der Waals surface area (Å²) in [7, 11) is 1.49. The van der Waals surface area contributed by atoms with E-state index in [2.05, 4.69) is 15.5 Å². The molecular weight excluding hydrogens is 185 g/mol. The second-order valence-corrected chi connectivity index (χ2v) is 2.28. The normalized spacial score (nSPS) is 11.4. The molecule has 0 atom stereocenters. The molecule has 0 spiro atoms. The van der Waals surface area contributed by atoms with E-state index in [1.807, 2.05) is 0 Å². The van der Waals surface area contributed by atoms with Gasteiger partial charge in [-0.2, -0.15) is 13.2 Å². The molecule has 4 nitrogen and oxygen atoms in total. The Bertz CT molecular complexity index is 309. The summed E-state index contributed by atoms with van der Waals surface area (Å²) < 4.78 is 36.1. The first kappa shape index (κ1) is 9.56. The van der Waals surface area contributed by atoms with Gasteiger partial charge in [0.1, 0.15) is 0 Å². The van der Waals surface area contributed by atoms with Crippen LogP contribution in [0.1, 0.15) is 5.69 Å². The number of aromatic nitrogens is 2. The zero-order valence-corrected chi connectivity index (χ0v) is 6.68. The molecular formula is C6H7F3N4. The van der Waals surface area contributed by atoms with E-state index in [0.717, 1.165) is 6.07 Å². The number of alkyl halides is 3. The summed E-state index contributed by atoms with van der Waals surface area (Å²) >= 11 is 0. The maximum atomic E-state index is 12.0. The first-order chi connectivity index (χ1) is 5.95. The molecule has 0 aliphatic heterocycles. The predicted octanol–water partition coefficient (Wildman–Crippen LogP) is 1.12. The Balaban J connectivity index is 3.10. The molecule has 1 aromatic rings. The standard InChI is InChI=1S/C6H7F3N4/c1-11-5-3(10)2-4(12-13-5)6(7,8)9/h2H,1H3,(H2,10,12)(H,11,13). The maximum absolute atomic E-state index is 12.0. The highest BCUT2D eigenvalue weighted by molar-refractivity contribution is 5.60. The van der Waals surface area contributed by atoms with Crippen LogP contribution in [0, 0.1) is 0 Å². The fraction of sp³-hybridized carbons (Fsp3) is 0.333. The Hall–Kier alpha value is -1.53. The van der Waals surface area contributed by atoms with Crippen LogP contribution in [0.15, 0.2) is 6.07 Å². The predicted molar refractivity (Wildman–Crippen MR) is 41.0 cm³/mol. The van der Waals surface area contributed by atoms with Gasteiger partial charge in [-0.05, 0) is 6.07 Å². The second kappa shape index (κ2) is 3.08. The molecule has 7 heteroatoms. The van der Waals surface area contributed by atoms with E-state index < -0.39 is 11.9 Å². The number of hydrogen-bond acceptors (Lipinski definition) is 4. The number of rotatable bonds is 1. The van der Waals surface area contributed by atoms with Gasteiger partial charge in [-0.25, -0.2) is 0 Å². The van der Waals surface area contributed by atoms with Gasteiger partial charge in [-0.3, -0.25) is 0 Å². The molecule has 1 rings (SSSR count). The zero-order chi connectivity index (χ0) is 10.1. The Morgan fingerprint density at radius 1 is 1.38 bits per heavy atom. The molecule has 0 aromatic carbocycles. The highest BCUT2D eigenvalue weighted by Gasteiger charge is 2.33. The lowest BCUT2D eigenvalue weighted by atomic mass is 10.3. The first-order valence-corrected chi connectivity index (χ1v) is 3.33. The van der Waals surface area contributed by atoms with E-state index in [1.165, 1.54) is 7.05 Å². The average molecular weight is 192 g/mol. The van der Waals surface area contributed by atoms with Crippen LogP contribution in [-0.4, -0.2) is 17.2 Å². The van der Waals surface area contributed by atoms with E-state index >= 15 is 0 Å². The summed E-state index contributed by atoms with van der Waals surface area (Å²) in [6.45, 7) is 0. The molecule has 0 saturated heterocycles. The third-order valence-electron chi connectivity index (χ3n) is 1.35. The SMILES string of the molecule is CNc1nnc(C(F)(F)F)cc1N. The van der Waals surface area contributed by atoms with Crippen molar-refractivity contribution in [3.8, 4) is 0 Å². The van der Waals surface area contributed by atoms with Crippen molar-refractivity contribution < 1.29 is 13.2 Å². The molecule has 1 heterocycles. The smallest absolute Gasteiger partial charge is 0.396 e. The van der Waals surface area contributed by atoms with E-state index in [-0.39, 0.29) is 11.5 Å². The van der Waals surface area contributed by atoms with Crippen molar-refractivity contribution in [1.29, 1.82) is 0 Å². The number of nitrogens with two attached hydrogens (primary N) is 1. The van der Waals surface area contributed by atoms with E-state index in [4.69, 9.17) is 5.73 Å². The molecule has 0 aliphatic carbocycles.